The molecule has 1 rings (SSSR count). The number of ether oxygens (including phenoxy) is 1. The first-order valence-corrected chi connectivity index (χ1v) is 7.39. The Hall–Kier alpha value is -2.14. The highest BCUT2D eigenvalue weighted by molar-refractivity contribution is 7.92. The van der Waals surface area contributed by atoms with Crippen LogP contribution < -0.4 is 4.72 Å². The third-order valence-corrected chi connectivity index (χ3v) is 3.54. The van der Waals surface area contributed by atoms with E-state index in [1.54, 1.807) is 13.0 Å². The molecule has 0 aliphatic carbocycles. The predicted molar refractivity (Wildman–Crippen MR) is 69.8 cm³/mol. The lowest BCUT2D eigenvalue weighted by Gasteiger charge is -2.09. The van der Waals surface area contributed by atoms with E-state index < -0.39 is 33.1 Å². The minimum atomic E-state index is -3.87. The summed E-state index contributed by atoms with van der Waals surface area (Å²) in [6.07, 6.45) is -0.319. The Morgan fingerprint density at radius 1 is 1.50 bits per heavy atom. The van der Waals surface area contributed by atoms with Crippen molar-refractivity contribution in [1.29, 1.82) is 5.26 Å². The average Bonchev–Trinajstić information content (AvgIpc) is 2.37. The molecule has 1 aromatic rings. The van der Waals surface area contributed by atoms with Gasteiger partial charge in [-0.05, 0) is 19.1 Å². The Kier molecular flexibility index (Phi) is 5.46. The van der Waals surface area contributed by atoms with E-state index in [-0.39, 0.29) is 18.7 Å². The first-order valence-electron chi connectivity index (χ1n) is 5.74. The number of nitrogens with zero attached hydrogens (tertiary/aromatic N) is 1. The highest BCUT2D eigenvalue weighted by Crippen LogP contribution is 2.19. The van der Waals surface area contributed by atoms with Crippen LogP contribution in [-0.2, 0) is 19.6 Å². The molecule has 6 nitrogen and oxygen atoms in total. The predicted octanol–water partition coefficient (Wildman–Crippen LogP) is 1.39. The zero-order valence-electron chi connectivity index (χ0n) is 10.7. The van der Waals surface area contributed by atoms with Crippen LogP contribution in [0.2, 0.25) is 0 Å². The van der Waals surface area contributed by atoms with Crippen LogP contribution in [0.4, 0.5) is 10.1 Å². The molecule has 20 heavy (non-hydrogen) atoms. The molecule has 0 saturated heterocycles. The van der Waals surface area contributed by atoms with Crippen LogP contribution >= 0.6 is 0 Å². The summed E-state index contributed by atoms with van der Waals surface area (Å²) in [5.74, 6) is -1.97. The average molecular weight is 300 g/mol. The molecule has 0 spiro atoms. The van der Waals surface area contributed by atoms with Crippen LogP contribution in [0.5, 0.6) is 0 Å². The first kappa shape index (κ1) is 15.9. The van der Waals surface area contributed by atoms with Crippen molar-refractivity contribution in [3.63, 3.8) is 0 Å². The summed E-state index contributed by atoms with van der Waals surface area (Å²) in [5.41, 5.74) is -0.552. The van der Waals surface area contributed by atoms with E-state index in [4.69, 9.17) is 5.26 Å². The van der Waals surface area contributed by atoms with E-state index >= 15 is 0 Å². The number of anilines is 1. The topological polar surface area (TPSA) is 96.3 Å². The first-order chi connectivity index (χ1) is 9.39. The van der Waals surface area contributed by atoms with Gasteiger partial charge in [0.05, 0.1) is 24.5 Å². The number of esters is 1. The van der Waals surface area contributed by atoms with Crippen LogP contribution in [-0.4, -0.2) is 26.7 Å². The maximum atomic E-state index is 13.3. The highest BCUT2D eigenvalue weighted by atomic mass is 32.2. The quantitative estimate of drug-likeness (QED) is 0.801. The summed E-state index contributed by atoms with van der Waals surface area (Å²) < 4.78 is 43.5. The Bertz CT molecular complexity index is 637. The second kappa shape index (κ2) is 6.86. The van der Waals surface area contributed by atoms with Gasteiger partial charge >= 0.3 is 5.97 Å². The van der Waals surface area contributed by atoms with Crippen LogP contribution in [0.25, 0.3) is 0 Å². The molecule has 0 unspecified atom stereocenters. The summed E-state index contributed by atoms with van der Waals surface area (Å²) in [7, 11) is -3.87. The molecule has 0 heterocycles. The van der Waals surface area contributed by atoms with Gasteiger partial charge in [0.2, 0.25) is 10.0 Å². The van der Waals surface area contributed by atoms with Gasteiger partial charge < -0.3 is 4.74 Å². The molecule has 108 valence electrons. The lowest BCUT2D eigenvalue weighted by molar-refractivity contribution is -0.142. The number of nitrogens with one attached hydrogen (secondary N) is 1. The molecule has 0 radical (unpaired) electrons. The van der Waals surface area contributed by atoms with Crippen LogP contribution in [0, 0.1) is 17.1 Å². The second-order valence-corrected chi connectivity index (χ2v) is 5.59. The summed E-state index contributed by atoms with van der Waals surface area (Å²) in [4.78, 5) is 11.1. The Labute approximate surface area is 116 Å². The Morgan fingerprint density at radius 3 is 2.80 bits per heavy atom. The lowest BCUT2D eigenvalue weighted by Crippen LogP contribution is -2.20. The molecule has 0 saturated carbocycles. The third-order valence-electron chi connectivity index (χ3n) is 2.27. The SMILES string of the molecule is CCOC(=O)CCS(=O)(=O)Nc1cccc(F)c1C#N. The molecular formula is C12H13FN2O4S. The van der Waals surface area contributed by atoms with Gasteiger partial charge in [-0.3, -0.25) is 9.52 Å². The molecule has 0 aliphatic heterocycles. The fraction of sp³-hybridized carbons (Fsp3) is 0.333. The van der Waals surface area contributed by atoms with Crippen molar-refractivity contribution in [2.75, 3.05) is 17.1 Å². The number of sulfonamides is 1. The molecule has 0 fully saturated rings. The van der Waals surface area contributed by atoms with Gasteiger partial charge in [-0.15, -0.1) is 0 Å². The molecule has 1 N–H and O–H groups in total. The van der Waals surface area contributed by atoms with Crippen molar-refractivity contribution in [2.24, 2.45) is 0 Å². The Balaban J connectivity index is 2.80. The molecule has 0 amide bonds. The number of nitriles is 1. The van der Waals surface area contributed by atoms with E-state index in [9.17, 15) is 17.6 Å². The second-order valence-electron chi connectivity index (χ2n) is 3.75. The molecule has 8 heteroatoms. The van der Waals surface area contributed by atoms with E-state index in [1.807, 2.05) is 0 Å². The number of halogens is 1. The van der Waals surface area contributed by atoms with E-state index in [0.29, 0.717) is 0 Å². The van der Waals surface area contributed by atoms with Gasteiger partial charge in [-0.1, -0.05) is 6.07 Å². The van der Waals surface area contributed by atoms with E-state index in [1.165, 1.54) is 12.1 Å². The van der Waals surface area contributed by atoms with Gasteiger partial charge in [0.1, 0.15) is 17.4 Å². The number of hydrogen-bond donors (Lipinski definition) is 1. The van der Waals surface area contributed by atoms with E-state index in [2.05, 4.69) is 9.46 Å². The molecule has 0 aromatic heterocycles. The van der Waals surface area contributed by atoms with Crippen LogP contribution in [0.15, 0.2) is 18.2 Å². The molecule has 0 bridgehead atoms. The molecule has 1 aromatic carbocycles. The zero-order valence-corrected chi connectivity index (χ0v) is 11.5. The van der Waals surface area contributed by atoms with Gasteiger partial charge in [0.25, 0.3) is 0 Å². The smallest absolute Gasteiger partial charge is 0.306 e. The van der Waals surface area contributed by atoms with Gasteiger partial charge in [-0.25, -0.2) is 12.8 Å². The van der Waals surface area contributed by atoms with Crippen molar-refractivity contribution in [3.05, 3.63) is 29.6 Å². The lowest BCUT2D eigenvalue weighted by atomic mass is 10.2. The van der Waals surface area contributed by atoms with Gasteiger partial charge in [0, 0.05) is 0 Å². The van der Waals surface area contributed by atoms with Gasteiger partial charge in [-0.2, -0.15) is 5.26 Å². The van der Waals surface area contributed by atoms with E-state index in [0.717, 1.165) is 6.07 Å². The fourth-order valence-corrected chi connectivity index (χ4v) is 2.43. The minimum Gasteiger partial charge on any atom is -0.466 e. The van der Waals surface area contributed by atoms with Crippen molar-refractivity contribution >= 4 is 21.7 Å². The standard InChI is InChI=1S/C12H13FN2O4S/c1-2-19-12(16)6-7-20(17,18)15-11-5-3-4-10(13)9(11)8-14/h3-5,15H,2,6-7H2,1H3. The summed E-state index contributed by atoms with van der Waals surface area (Å²) in [6, 6.07) is 5.17. The van der Waals surface area contributed by atoms with Crippen molar-refractivity contribution in [2.45, 2.75) is 13.3 Å². The monoisotopic (exact) mass is 300 g/mol. The highest BCUT2D eigenvalue weighted by Gasteiger charge is 2.17. The van der Waals surface area contributed by atoms with Crippen molar-refractivity contribution in [1.82, 2.24) is 0 Å². The number of hydrogen-bond acceptors (Lipinski definition) is 5. The summed E-state index contributed by atoms with van der Waals surface area (Å²) in [6.45, 7) is 1.77. The largest absolute Gasteiger partial charge is 0.466 e. The normalized spacial score (nSPS) is 10.7. The third kappa shape index (κ3) is 4.51. The summed E-state index contributed by atoms with van der Waals surface area (Å²) >= 11 is 0. The maximum Gasteiger partial charge on any atom is 0.306 e. The maximum absolute atomic E-state index is 13.3. The number of carbonyl (C=O) groups is 1. The number of benzene rings is 1. The molecule has 0 aliphatic rings. The minimum absolute atomic E-state index is 0.156. The van der Waals surface area contributed by atoms with Crippen molar-refractivity contribution < 1.29 is 22.3 Å². The fourth-order valence-electron chi connectivity index (χ4n) is 1.39. The van der Waals surface area contributed by atoms with Crippen molar-refractivity contribution in [3.8, 4) is 6.07 Å². The Morgan fingerprint density at radius 2 is 2.20 bits per heavy atom. The molecule has 0 atom stereocenters. The summed E-state index contributed by atoms with van der Waals surface area (Å²) in [5, 5.41) is 8.79. The zero-order chi connectivity index (χ0) is 15.2. The number of rotatable bonds is 6. The van der Waals surface area contributed by atoms with Crippen LogP contribution in [0.1, 0.15) is 18.9 Å². The van der Waals surface area contributed by atoms with Crippen LogP contribution in [0.3, 0.4) is 0 Å². The number of carbonyl (C=O) groups excluding carboxylic acids is 1. The van der Waals surface area contributed by atoms with Gasteiger partial charge in [0.15, 0.2) is 0 Å². The molecular weight excluding hydrogens is 287 g/mol.